The van der Waals surface area contributed by atoms with Crippen LogP contribution in [0, 0.1) is 10.1 Å². The van der Waals surface area contributed by atoms with Crippen LogP contribution in [0.2, 0.25) is 0 Å². The van der Waals surface area contributed by atoms with Gasteiger partial charge in [0, 0.05) is 28.8 Å². The molecule has 0 radical (unpaired) electrons. The molecular formula is C23H20N2O5. The van der Waals surface area contributed by atoms with Crippen molar-refractivity contribution in [1.29, 1.82) is 0 Å². The Kier molecular flexibility index (Phi) is 5.52. The fraction of sp³-hybridized carbons (Fsp3) is 0.261. The van der Waals surface area contributed by atoms with Crippen LogP contribution in [0.3, 0.4) is 0 Å². The molecule has 1 heterocycles. The summed E-state index contributed by atoms with van der Waals surface area (Å²) in [6.45, 7) is -0.429. The van der Waals surface area contributed by atoms with Crippen LogP contribution in [0.25, 0.3) is 10.9 Å². The second-order valence-corrected chi connectivity index (χ2v) is 7.29. The van der Waals surface area contributed by atoms with Crippen molar-refractivity contribution in [3.05, 3.63) is 81.0 Å². The maximum absolute atomic E-state index is 13.0. The van der Waals surface area contributed by atoms with Crippen molar-refractivity contribution in [2.75, 3.05) is 6.61 Å². The van der Waals surface area contributed by atoms with E-state index in [1.807, 2.05) is 24.3 Å². The van der Waals surface area contributed by atoms with Crippen molar-refractivity contribution < 1.29 is 19.2 Å². The highest BCUT2D eigenvalue weighted by Crippen LogP contribution is 2.29. The Labute approximate surface area is 172 Å². The Bertz CT molecular complexity index is 1140. The van der Waals surface area contributed by atoms with E-state index in [1.54, 1.807) is 0 Å². The first-order valence-corrected chi connectivity index (χ1v) is 9.90. The third-order valence-corrected chi connectivity index (χ3v) is 5.36. The van der Waals surface area contributed by atoms with Gasteiger partial charge in [0.1, 0.15) is 0 Å². The quantitative estimate of drug-likeness (QED) is 0.205. The number of benzene rings is 2. The van der Waals surface area contributed by atoms with Gasteiger partial charge in [0.05, 0.1) is 16.0 Å². The Morgan fingerprint density at radius 3 is 2.50 bits per heavy atom. The molecule has 0 N–H and O–H groups in total. The summed E-state index contributed by atoms with van der Waals surface area (Å²) in [5, 5.41) is 11.5. The summed E-state index contributed by atoms with van der Waals surface area (Å²) < 4.78 is 5.39. The number of esters is 1. The van der Waals surface area contributed by atoms with E-state index in [0.29, 0.717) is 5.56 Å². The van der Waals surface area contributed by atoms with Crippen LogP contribution in [-0.2, 0) is 17.6 Å². The second-order valence-electron chi connectivity index (χ2n) is 7.29. The lowest BCUT2D eigenvalue weighted by molar-refractivity contribution is -0.384. The standard InChI is InChI=1S/C23H20N2O5/c26-21(15-10-12-16(13-11-15)25(28)29)14-30-23(27)22-17-6-2-1-3-8-19(17)24-20-9-5-4-7-18(20)22/h4-5,7,9-13H,1-3,6,8,14H2. The van der Waals surface area contributed by atoms with Gasteiger partial charge in [-0.1, -0.05) is 24.6 Å². The van der Waals surface area contributed by atoms with Crippen molar-refractivity contribution in [2.24, 2.45) is 0 Å². The fourth-order valence-corrected chi connectivity index (χ4v) is 3.84. The first-order chi connectivity index (χ1) is 14.5. The number of nitro groups is 1. The molecule has 7 heteroatoms. The van der Waals surface area contributed by atoms with E-state index in [9.17, 15) is 19.7 Å². The number of pyridine rings is 1. The summed E-state index contributed by atoms with van der Waals surface area (Å²) in [7, 11) is 0. The summed E-state index contributed by atoms with van der Waals surface area (Å²) >= 11 is 0. The van der Waals surface area contributed by atoms with Gasteiger partial charge in [-0.15, -0.1) is 0 Å². The number of fused-ring (bicyclic) bond motifs is 2. The average Bonchev–Trinajstić information content (AvgIpc) is 3.00. The minimum absolute atomic E-state index is 0.102. The lowest BCUT2D eigenvalue weighted by Crippen LogP contribution is -2.17. The van der Waals surface area contributed by atoms with Crippen LogP contribution in [0.5, 0.6) is 0 Å². The van der Waals surface area contributed by atoms with Crippen LogP contribution in [0.1, 0.15) is 51.2 Å². The number of nitro benzene ring substituents is 1. The number of aryl methyl sites for hydroxylation is 1. The first-order valence-electron chi connectivity index (χ1n) is 9.90. The van der Waals surface area contributed by atoms with Crippen LogP contribution in [0.15, 0.2) is 48.5 Å². The van der Waals surface area contributed by atoms with Crippen molar-refractivity contribution >= 4 is 28.3 Å². The normalized spacial score (nSPS) is 13.3. The van der Waals surface area contributed by atoms with E-state index >= 15 is 0 Å². The van der Waals surface area contributed by atoms with Crippen molar-refractivity contribution in [1.82, 2.24) is 4.98 Å². The summed E-state index contributed by atoms with van der Waals surface area (Å²) in [4.78, 5) is 40.4. The van der Waals surface area contributed by atoms with Gasteiger partial charge >= 0.3 is 5.97 Å². The maximum atomic E-state index is 13.0. The van der Waals surface area contributed by atoms with Gasteiger partial charge in [-0.25, -0.2) is 4.79 Å². The molecule has 3 aromatic rings. The van der Waals surface area contributed by atoms with Gasteiger partial charge in [-0.3, -0.25) is 19.9 Å². The SMILES string of the molecule is O=C(COC(=O)c1c2c(nc3ccccc13)CCCCC2)c1ccc([N+](=O)[O-])cc1. The molecule has 30 heavy (non-hydrogen) atoms. The van der Waals surface area contributed by atoms with E-state index in [4.69, 9.17) is 9.72 Å². The first kappa shape index (κ1) is 19.7. The number of ketones is 1. The summed E-state index contributed by atoms with van der Waals surface area (Å²) in [6, 6.07) is 12.7. The van der Waals surface area contributed by atoms with Crippen molar-refractivity contribution in [3.8, 4) is 0 Å². The molecule has 1 aliphatic carbocycles. The second kappa shape index (κ2) is 8.41. The highest BCUT2D eigenvalue weighted by molar-refractivity contribution is 6.06. The van der Waals surface area contributed by atoms with Gasteiger partial charge in [-0.05, 0) is 49.4 Å². The molecule has 0 saturated heterocycles. The molecule has 0 bridgehead atoms. The molecule has 0 saturated carbocycles. The molecule has 2 aromatic carbocycles. The van der Waals surface area contributed by atoms with E-state index in [-0.39, 0.29) is 11.3 Å². The van der Waals surface area contributed by atoms with Gasteiger partial charge < -0.3 is 4.74 Å². The van der Waals surface area contributed by atoms with Gasteiger partial charge in [0.25, 0.3) is 5.69 Å². The molecule has 7 nitrogen and oxygen atoms in total. The van der Waals surface area contributed by atoms with E-state index < -0.39 is 23.3 Å². The number of ether oxygens (including phenoxy) is 1. The topological polar surface area (TPSA) is 99.4 Å². The van der Waals surface area contributed by atoms with Crippen LogP contribution in [0.4, 0.5) is 5.69 Å². The molecule has 0 unspecified atom stereocenters. The van der Waals surface area contributed by atoms with Gasteiger partial charge in [0.15, 0.2) is 12.4 Å². The van der Waals surface area contributed by atoms with Crippen molar-refractivity contribution in [2.45, 2.75) is 32.1 Å². The zero-order chi connectivity index (χ0) is 21.1. The van der Waals surface area contributed by atoms with E-state index in [2.05, 4.69) is 0 Å². The number of hydrogen-bond acceptors (Lipinski definition) is 6. The van der Waals surface area contributed by atoms with Gasteiger partial charge in [0.2, 0.25) is 0 Å². The average molecular weight is 404 g/mol. The molecule has 0 fully saturated rings. The number of nitrogens with zero attached hydrogens (tertiary/aromatic N) is 2. The van der Waals surface area contributed by atoms with Crippen LogP contribution >= 0.6 is 0 Å². The summed E-state index contributed by atoms with van der Waals surface area (Å²) in [5.41, 5.74) is 3.24. The Balaban J connectivity index is 1.59. The van der Waals surface area contributed by atoms with E-state index in [1.165, 1.54) is 24.3 Å². The highest BCUT2D eigenvalue weighted by Gasteiger charge is 2.23. The number of rotatable bonds is 5. The third-order valence-electron chi connectivity index (χ3n) is 5.36. The molecule has 0 spiro atoms. The molecule has 1 aliphatic rings. The molecular weight excluding hydrogens is 384 g/mol. The zero-order valence-corrected chi connectivity index (χ0v) is 16.3. The predicted octanol–water partition coefficient (Wildman–Crippen LogP) is 4.45. The number of carbonyl (C=O) groups is 2. The number of para-hydroxylation sites is 1. The number of aromatic nitrogens is 1. The number of hydrogen-bond donors (Lipinski definition) is 0. The largest absolute Gasteiger partial charge is 0.454 e. The monoisotopic (exact) mass is 404 g/mol. The van der Waals surface area contributed by atoms with Crippen LogP contribution < -0.4 is 0 Å². The van der Waals surface area contributed by atoms with E-state index in [0.717, 1.165) is 54.3 Å². The summed E-state index contributed by atoms with van der Waals surface area (Å²) in [5.74, 6) is -0.954. The lowest BCUT2D eigenvalue weighted by atomic mass is 9.97. The molecule has 152 valence electrons. The molecule has 0 atom stereocenters. The predicted molar refractivity (Wildman–Crippen MR) is 111 cm³/mol. The van der Waals surface area contributed by atoms with Crippen molar-refractivity contribution in [3.63, 3.8) is 0 Å². The highest BCUT2D eigenvalue weighted by atomic mass is 16.6. The number of non-ortho nitro benzene ring substituents is 1. The zero-order valence-electron chi connectivity index (χ0n) is 16.3. The smallest absolute Gasteiger partial charge is 0.339 e. The fourth-order valence-electron chi connectivity index (χ4n) is 3.84. The Hall–Kier alpha value is -3.61. The Morgan fingerprint density at radius 1 is 1.00 bits per heavy atom. The minimum Gasteiger partial charge on any atom is -0.454 e. The van der Waals surface area contributed by atoms with Gasteiger partial charge in [-0.2, -0.15) is 0 Å². The molecule has 4 rings (SSSR count). The molecule has 0 amide bonds. The Morgan fingerprint density at radius 2 is 1.73 bits per heavy atom. The molecule has 0 aliphatic heterocycles. The lowest BCUT2D eigenvalue weighted by Gasteiger charge is -2.14. The number of carbonyl (C=O) groups excluding carboxylic acids is 2. The van der Waals surface area contributed by atoms with Crippen LogP contribution in [-0.4, -0.2) is 28.3 Å². The minimum atomic E-state index is -0.540. The maximum Gasteiger partial charge on any atom is 0.339 e. The molecule has 1 aromatic heterocycles. The number of Topliss-reactive ketones (excluding diaryl/α,β-unsaturated/α-hetero) is 1. The summed E-state index contributed by atoms with van der Waals surface area (Å²) in [6.07, 6.45) is 4.68. The third kappa shape index (κ3) is 3.91.